The molecular formula is C2H4Cl4Si2. The number of halogens is 4. The molecule has 0 spiro atoms. The fraction of sp³-hybridized carbons (Fsp3) is 1.00. The van der Waals surface area contributed by atoms with E-state index in [1.54, 1.807) is 0 Å². The molecule has 0 saturated carbocycles. The van der Waals surface area contributed by atoms with Gasteiger partial charge in [0.1, 0.15) is 0 Å². The summed E-state index contributed by atoms with van der Waals surface area (Å²) >= 11 is 22.0. The number of rotatable bonds is 3. The van der Waals surface area contributed by atoms with Crippen LogP contribution in [0, 0.1) is 0 Å². The van der Waals surface area contributed by atoms with Crippen LogP contribution in [0.3, 0.4) is 0 Å². The highest BCUT2D eigenvalue weighted by atomic mass is 35.8. The minimum atomic E-state index is -2.34. The van der Waals surface area contributed by atoms with E-state index in [2.05, 4.69) is 0 Å². The van der Waals surface area contributed by atoms with Crippen LogP contribution in [0.4, 0.5) is 0 Å². The second kappa shape index (κ2) is 4.42. The van der Waals surface area contributed by atoms with Crippen LogP contribution in [0.5, 0.6) is 0 Å². The van der Waals surface area contributed by atoms with Crippen molar-refractivity contribution in [3.05, 3.63) is 0 Å². The van der Waals surface area contributed by atoms with Crippen molar-refractivity contribution in [2.24, 2.45) is 0 Å². The third-order valence-corrected chi connectivity index (χ3v) is 4.53. The van der Waals surface area contributed by atoms with Crippen molar-refractivity contribution in [2.45, 2.75) is 12.1 Å². The van der Waals surface area contributed by atoms with Gasteiger partial charge in [-0.05, 0) is 12.1 Å². The van der Waals surface area contributed by atoms with Gasteiger partial charge in [-0.15, -0.1) is 33.2 Å². The molecule has 0 aromatic rings. The summed E-state index contributed by atoms with van der Waals surface area (Å²) in [5.41, 5.74) is 0. The number of hydrogen-bond donors (Lipinski definition) is 0. The first kappa shape index (κ1) is 9.59. The Labute approximate surface area is 71.1 Å². The molecule has 0 fully saturated rings. The molecule has 0 N–H and O–H groups in total. The van der Waals surface area contributed by atoms with Gasteiger partial charge in [-0.1, -0.05) is 0 Å². The van der Waals surface area contributed by atoms with E-state index in [1.807, 2.05) is 0 Å². The predicted molar refractivity (Wildman–Crippen MR) is 44.5 cm³/mol. The third-order valence-electron chi connectivity index (χ3n) is 0.503. The summed E-state index contributed by atoms with van der Waals surface area (Å²) in [5.74, 6) is 0. The maximum Gasteiger partial charge on any atom is 0.341 e. The molecule has 0 atom stereocenters. The molecule has 0 aliphatic heterocycles. The Morgan fingerprint density at radius 3 is 1.88 bits per heavy atom. The van der Waals surface area contributed by atoms with E-state index in [4.69, 9.17) is 44.3 Å². The zero-order valence-corrected chi connectivity index (χ0v) is 8.95. The molecule has 0 nitrogen and oxygen atoms in total. The average Bonchev–Trinajstić information content (AvgIpc) is 1.59. The van der Waals surface area contributed by atoms with E-state index in [-0.39, 0.29) is 0 Å². The predicted octanol–water partition coefficient (Wildman–Crippen LogP) is 2.92. The highest BCUT2D eigenvalue weighted by Gasteiger charge is 2.23. The van der Waals surface area contributed by atoms with Crippen molar-refractivity contribution in [1.29, 1.82) is 0 Å². The Bertz CT molecular complexity index is 59.5. The zero-order valence-electron chi connectivity index (χ0n) is 3.93. The first-order valence-electron chi connectivity index (χ1n) is 1.96. The molecule has 48 valence electrons. The molecule has 0 aromatic carbocycles. The van der Waals surface area contributed by atoms with Crippen LogP contribution in [0.15, 0.2) is 0 Å². The molecule has 0 unspecified atom stereocenters. The molecule has 0 heterocycles. The van der Waals surface area contributed by atoms with Gasteiger partial charge in [0, 0.05) is 0 Å². The van der Waals surface area contributed by atoms with E-state index < -0.39 is 6.00 Å². The molecule has 0 aromatic heterocycles. The third kappa shape index (κ3) is 7.59. The topological polar surface area (TPSA) is 0 Å². The summed E-state index contributed by atoms with van der Waals surface area (Å²) in [4.78, 5) is 0. The fourth-order valence-electron chi connectivity index (χ4n) is 0.189. The molecule has 0 aliphatic rings. The van der Waals surface area contributed by atoms with Crippen molar-refractivity contribution < 1.29 is 0 Å². The quantitative estimate of drug-likeness (QED) is 0.512. The Morgan fingerprint density at radius 2 is 1.75 bits per heavy atom. The number of hydrogen-bond acceptors (Lipinski definition) is 0. The van der Waals surface area contributed by atoms with Crippen LogP contribution in [0.1, 0.15) is 0 Å². The molecule has 2 radical (unpaired) electrons. The zero-order chi connectivity index (χ0) is 6.62. The smallest absolute Gasteiger partial charge is 0.171 e. The molecular weight excluding hydrogens is 222 g/mol. The van der Waals surface area contributed by atoms with Gasteiger partial charge < -0.3 is 0 Å². The van der Waals surface area contributed by atoms with Crippen molar-refractivity contribution in [1.82, 2.24) is 0 Å². The van der Waals surface area contributed by atoms with Crippen LogP contribution in [0.25, 0.3) is 0 Å². The first-order valence-corrected chi connectivity index (χ1v) is 9.42. The lowest BCUT2D eigenvalue weighted by atomic mass is 11.0. The van der Waals surface area contributed by atoms with E-state index in [0.717, 1.165) is 6.04 Å². The normalized spacial score (nSPS) is 12.0. The Kier molecular flexibility index (Phi) is 5.30. The van der Waals surface area contributed by atoms with Gasteiger partial charge in [0.2, 0.25) is 0 Å². The van der Waals surface area contributed by atoms with Gasteiger partial charge in [0.15, 0.2) is 8.83 Å². The highest BCUT2D eigenvalue weighted by molar-refractivity contribution is 7.64. The minimum Gasteiger partial charge on any atom is -0.171 e. The van der Waals surface area contributed by atoms with Crippen molar-refractivity contribution >= 4 is 59.1 Å². The maximum absolute atomic E-state index is 5.53. The van der Waals surface area contributed by atoms with Crippen molar-refractivity contribution in [3.63, 3.8) is 0 Å². The summed E-state index contributed by atoms with van der Waals surface area (Å²) in [6.45, 7) is 0. The largest absolute Gasteiger partial charge is 0.341 e. The second-order valence-electron chi connectivity index (χ2n) is 1.25. The summed E-state index contributed by atoms with van der Waals surface area (Å²) in [5, 5.41) is 0. The van der Waals surface area contributed by atoms with Crippen LogP contribution in [0.2, 0.25) is 12.1 Å². The summed E-state index contributed by atoms with van der Waals surface area (Å²) in [6, 6.07) is -0.821. The highest BCUT2D eigenvalue weighted by Crippen LogP contribution is 2.26. The van der Waals surface area contributed by atoms with Gasteiger partial charge in [-0.25, -0.2) is 0 Å². The van der Waals surface area contributed by atoms with Gasteiger partial charge in [0.25, 0.3) is 0 Å². The molecule has 6 heteroatoms. The van der Waals surface area contributed by atoms with E-state index >= 15 is 0 Å². The molecule has 0 bridgehead atoms. The van der Waals surface area contributed by atoms with Gasteiger partial charge in [-0.3, -0.25) is 0 Å². The van der Waals surface area contributed by atoms with E-state index in [9.17, 15) is 0 Å². The van der Waals surface area contributed by atoms with Crippen LogP contribution >= 0.6 is 44.3 Å². The second-order valence-corrected chi connectivity index (χ2v) is 12.1. The first-order chi connectivity index (χ1) is 3.56. The molecule has 8 heavy (non-hydrogen) atoms. The van der Waals surface area contributed by atoms with Gasteiger partial charge in [0.05, 0.1) is 0 Å². The Hall–Kier alpha value is 1.59. The van der Waals surface area contributed by atoms with Crippen molar-refractivity contribution in [3.8, 4) is 0 Å². The molecule has 0 rings (SSSR count). The lowest BCUT2D eigenvalue weighted by Gasteiger charge is -2.02. The maximum atomic E-state index is 5.53. The lowest BCUT2D eigenvalue weighted by Crippen LogP contribution is -2.07. The average molecular weight is 226 g/mol. The van der Waals surface area contributed by atoms with Crippen LogP contribution < -0.4 is 0 Å². The monoisotopic (exact) mass is 224 g/mol. The van der Waals surface area contributed by atoms with Gasteiger partial charge >= 0.3 is 6.00 Å². The summed E-state index contributed by atoms with van der Waals surface area (Å²) in [7, 11) is 0.385. The minimum absolute atomic E-state index is 0.385. The lowest BCUT2D eigenvalue weighted by molar-refractivity contribution is 1.43. The fourth-order valence-corrected chi connectivity index (χ4v) is 5.10. The van der Waals surface area contributed by atoms with Crippen molar-refractivity contribution in [2.75, 3.05) is 0 Å². The Morgan fingerprint density at radius 1 is 1.25 bits per heavy atom. The van der Waals surface area contributed by atoms with Gasteiger partial charge in [-0.2, -0.15) is 11.1 Å². The summed E-state index contributed by atoms with van der Waals surface area (Å²) in [6.07, 6.45) is 0. The standard InChI is InChI=1S/C2H4Cl4Si2/c3-7-1-2-8(4,5)6/h1-2H2. The summed E-state index contributed by atoms with van der Waals surface area (Å²) < 4.78 is 0. The van der Waals surface area contributed by atoms with Crippen LogP contribution in [-0.2, 0) is 0 Å². The SMILES string of the molecule is Cl[Si]CC[Si](Cl)(Cl)Cl. The Balaban J connectivity index is 3.11. The molecule has 0 aliphatic carbocycles. The van der Waals surface area contributed by atoms with Crippen LogP contribution in [-0.4, -0.2) is 14.8 Å². The molecule has 0 amide bonds. The van der Waals surface area contributed by atoms with E-state index in [0.29, 0.717) is 14.9 Å². The van der Waals surface area contributed by atoms with E-state index in [1.165, 1.54) is 0 Å². The molecule has 0 saturated heterocycles.